The van der Waals surface area contributed by atoms with Gasteiger partial charge in [0.25, 0.3) is 0 Å². The summed E-state index contributed by atoms with van der Waals surface area (Å²) in [4.78, 5) is 2.04. The molecule has 0 atom stereocenters. The van der Waals surface area contributed by atoms with Gasteiger partial charge in [-0.1, -0.05) is 6.92 Å². The van der Waals surface area contributed by atoms with Crippen LogP contribution in [0.1, 0.15) is 51.0 Å². The van der Waals surface area contributed by atoms with Crippen LogP contribution in [0.5, 0.6) is 0 Å². The fraction of sp³-hybridized carbons (Fsp3) is 0.727. The molecule has 0 spiro atoms. The van der Waals surface area contributed by atoms with E-state index in [2.05, 4.69) is 16.5 Å². The van der Waals surface area contributed by atoms with Crippen LogP contribution in [-0.2, 0) is 20.9 Å². The van der Waals surface area contributed by atoms with Crippen LogP contribution in [0.4, 0.5) is 13.2 Å². The molecule has 0 unspecified atom stereocenters. The molecule has 0 amide bonds. The molecule has 32 heavy (non-hydrogen) atoms. The number of ether oxygens (including phenoxy) is 1. The first-order valence-electron chi connectivity index (χ1n) is 11.3. The molecule has 0 radical (unpaired) electrons. The second kappa shape index (κ2) is 12.9. The molecule has 0 aromatic heterocycles. The molecule has 1 fully saturated rings. The van der Waals surface area contributed by atoms with Crippen LogP contribution in [0, 0.1) is 5.92 Å². The van der Waals surface area contributed by atoms with Crippen molar-refractivity contribution in [2.24, 2.45) is 5.92 Å². The number of unbranched alkanes of at least 4 members (excludes halogenated alkanes) is 1. The van der Waals surface area contributed by atoms with Crippen LogP contribution in [-0.4, -0.2) is 63.9 Å². The topological polar surface area (TPSA) is 78.9 Å². The van der Waals surface area contributed by atoms with E-state index in [0.29, 0.717) is 13.2 Å². The molecule has 1 aromatic carbocycles. The van der Waals surface area contributed by atoms with E-state index in [1.807, 2.05) is 0 Å². The van der Waals surface area contributed by atoms with Gasteiger partial charge < -0.3 is 14.7 Å². The molecule has 1 saturated carbocycles. The number of hydrogen-bond acceptors (Lipinski definition) is 5. The van der Waals surface area contributed by atoms with Gasteiger partial charge in [0.05, 0.1) is 23.2 Å². The third-order valence-corrected chi connectivity index (χ3v) is 7.37. The largest absolute Gasteiger partial charge is 0.416 e. The summed E-state index contributed by atoms with van der Waals surface area (Å²) in [5, 5.41) is 9.00. The molecule has 0 saturated heterocycles. The molecule has 0 bridgehead atoms. The molecule has 2 N–H and O–H groups in total. The summed E-state index contributed by atoms with van der Waals surface area (Å²) in [7, 11) is -3.84. The molecular weight excluding hydrogens is 445 g/mol. The summed E-state index contributed by atoms with van der Waals surface area (Å²) in [6, 6.07) is 3.53. The van der Waals surface area contributed by atoms with Crippen LogP contribution in [0.3, 0.4) is 0 Å². The first-order valence-corrected chi connectivity index (χ1v) is 12.8. The van der Waals surface area contributed by atoms with Gasteiger partial charge in [0.1, 0.15) is 0 Å². The molecule has 0 aliphatic heterocycles. The van der Waals surface area contributed by atoms with Gasteiger partial charge in [-0.25, -0.2) is 13.1 Å². The minimum atomic E-state index is -4.49. The number of hydrogen-bond donors (Lipinski definition) is 2. The van der Waals surface area contributed by atoms with Gasteiger partial charge in [-0.2, -0.15) is 13.2 Å². The second-order valence-corrected chi connectivity index (χ2v) is 10.0. The zero-order valence-corrected chi connectivity index (χ0v) is 19.4. The van der Waals surface area contributed by atoms with Crippen molar-refractivity contribution in [3.8, 4) is 0 Å². The Balaban J connectivity index is 1.65. The highest BCUT2D eigenvalue weighted by atomic mass is 32.2. The molecule has 10 heteroatoms. The van der Waals surface area contributed by atoms with Gasteiger partial charge in [0.15, 0.2) is 0 Å². The van der Waals surface area contributed by atoms with Crippen LogP contribution < -0.4 is 4.72 Å². The summed E-state index contributed by atoms with van der Waals surface area (Å²) in [5.41, 5.74) is -0.873. The zero-order valence-electron chi connectivity index (χ0n) is 18.6. The average Bonchev–Trinajstić information content (AvgIpc) is 2.77. The maximum absolute atomic E-state index is 12.6. The minimum absolute atomic E-state index is 0.164. The number of halogens is 3. The Labute approximate surface area is 189 Å². The highest BCUT2D eigenvalue weighted by Crippen LogP contribution is 2.30. The zero-order chi connectivity index (χ0) is 23.6. The Kier molecular flexibility index (Phi) is 10.9. The number of nitrogens with zero attached hydrogens (tertiary/aromatic N) is 1. The van der Waals surface area contributed by atoms with E-state index in [1.165, 1.54) is 0 Å². The molecule has 1 aliphatic carbocycles. The van der Waals surface area contributed by atoms with E-state index in [-0.39, 0.29) is 30.1 Å². The fourth-order valence-electron chi connectivity index (χ4n) is 3.89. The van der Waals surface area contributed by atoms with Gasteiger partial charge in [-0.05, 0) is 81.8 Å². The van der Waals surface area contributed by atoms with Gasteiger partial charge in [-0.15, -0.1) is 0 Å². The van der Waals surface area contributed by atoms with Crippen molar-refractivity contribution in [1.82, 2.24) is 9.62 Å². The quantitative estimate of drug-likeness (QED) is 0.422. The molecule has 2 rings (SSSR count). The van der Waals surface area contributed by atoms with E-state index < -0.39 is 21.8 Å². The van der Waals surface area contributed by atoms with E-state index in [4.69, 9.17) is 9.84 Å². The van der Waals surface area contributed by atoms with E-state index >= 15 is 0 Å². The molecule has 0 heterocycles. The number of rotatable bonds is 13. The highest BCUT2D eigenvalue weighted by Gasteiger charge is 2.31. The Bertz CT molecular complexity index is 764. The summed E-state index contributed by atoms with van der Waals surface area (Å²) < 4.78 is 71.2. The molecule has 1 aromatic rings. The highest BCUT2D eigenvalue weighted by molar-refractivity contribution is 7.89. The summed E-state index contributed by atoms with van der Waals surface area (Å²) in [6.07, 6.45) is 1.13. The van der Waals surface area contributed by atoms with Crippen LogP contribution in [0.15, 0.2) is 29.2 Å². The predicted molar refractivity (Wildman–Crippen MR) is 117 cm³/mol. The van der Waals surface area contributed by atoms with Crippen molar-refractivity contribution >= 4 is 10.0 Å². The van der Waals surface area contributed by atoms with Crippen LogP contribution in [0.25, 0.3) is 0 Å². The molecule has 184 valence electrons. The van der Waals surface area contributed by atoms with Crippen molar-refractivity contribution in [1.29, 1.82) is 0 Å². The van der Waals surface area contributed by atoms with Crippen molar-refractivity contribution in [3.63, 3.8) is 0 Å². The number of sulfonamides is 1. The minimum Gasteiger partial charge on any atom is -0.395 e. The monoisotopic (exact) mass is 480 g/mol. The third-order valence-electron chi connectivity index (χ3n) is 5.93. The summed E-state index contributed by atoms with van der Waals surface area (Å²) in [6.45, 7) is 5.80. The maximum atomic E-state index is 12.6. The first-order chi connectivity index (χ1) is 15.2. The first kappa shape index (κ1) is 27.0. The standard InChI is InChI=1S/C22H35F3N2O4S/c1-2-27(14-15-28)13-3-4-16-31-20-9-5-18(6-10-20)17-26-32(29,30)21-11-7-19(8-12-21)22(23,24)25/h7-8,11-12,18,20,26,28H,2-6,9-10,13-17H2,1H3. The van der Waals surface area contributed by atoms with Crippen molar-refractivity contribution < 1.29 is 31.4 Å². The van der Waals surface area contributed by atoms with Crippen LogP contribution in [0.2, 0.25) is 0 Å². The smallest absolute Gasteiger partial charge is 0.395 e. The van der Waals surface area contributed by atoms with Crippen molar-refractivity contribution in [2.75, 3.05) is 39.4 Å². The molecular formula is C22H35F3N2O4S. The number of likely N-dealkylation sites (N-methyl/N-ethyl adjacent to an activating group) is 1. The normalized spacial score (nSPS) is 20.1. The van der Waals surface area contributed by atoms with Gasteiger partial charge in [-0.3, -0.25) is 0 Å². The summed E-state index contributed by atoms with van der Waals surface area (Å²) in [5.74, 6) is 0.190. The Morgan fingerprint density at radius 2 is 1.75 bits per heavy atom. The average molecular weight is 481 g/mol. The molecule has 6 nitrogen and oxygen atoms in total. The predicted octanol–water partition coefficient (Wildman–Crippen LogP) is 3.65. The number of alkyl halides is 3. The SMILES string of the molecule is CCN(CCO)CCCCOC1CCC(CNS(=O)(=O)c2ccc(C(F)(F)F)cc2)CC1. The lowest BCUT2D eigenvalue weighted by Crippen LogP contribution is -2.33. The van der Waals surface area contributed by atoms with Gasteiger partial charge in [0, 0.05) is 19.7 Å². The Morgan fingerprint density at radius 3 is 2.31 bits per heavy atom. The van der Waals surface area contributed by atoms with Gasteiger partial charge >= 0.3 is 6.18 Å². The van der Waals surface area contributed by atoms with Crippen molar-refractivity contribution in [2.45, 2.75) is 62.6 Å². The van der Waals surface area contributed by atoms with E-state index in [1.54, 1.807) is 0 Å². The lowest BCUT2D eigenvalue weighted by Gasteiger charge is -2.28. The second-order valence-electron chi connectivity index (χ2n) is 8.25. The lowest BCUT2D eigenvalue weighted by molar-refractivity contribution is -0.137. The summed E-state index contributed by atoms with van der Waals surface area (Å²) >= 11 is 0. The fourth-order valence-corrected chi connectivity index (χ4v) is 5.01. The lowest BCUT2D eigenvalue weighted by atomic mass is 9.87. The number of nitrogens with one attached hydrogen (secondary N) is 1. The van der Waals surface area contributed by atoms with E-state index in [9.17, 15) is 21.6 Å². The Morgan fingerprint density at radius 1 is 1.09 bits per heavy atom. The Hall–Kier alpha value is -1.20. The van der Waals surface area contributed by atoms with Gasteiger partial charge in [0.2, 0.25) is 10.0 Å². The maximum Gasteiger partial charge on any atom is 0.416 e. The molecule has 1 aliphatic rings. The third kappa shape index (κ3) is 8.97. The number of aliphatic hydroxyl groups is 1. The number of aliphatic hydroxyl groups excluding tert-OH is 1. The van der Waals surface area contributed by atoms with E-state index in [0.717, 1.165) is 75.9 Å². The van der Waals surface area contributed by atoms with Crippen LogP contribution >= 0.6 is 0 Å². The van der Waals surface area contributed by atoms with Crippen molar-refractivity contribution in [3.05, 3.63) is 29.8 Å². The number of benzene rings is 1.